The summed E-state index contributed by atoms with van der Waals surface area (Å²) in [7, 11) is -3.49. The van der Waals surface area contributed by atoms with E-state index in [2.05, 4.69) is 10.1 Å². The zero-order chi connectivity index (χ0) is 17.3. The highest BCUT2D eigenvalue weighted by Crippen LogP contribution is 2.21. The van der Waals surface area contributed by atoms with Crippen molar-refractivity contribution in [3.63, 3.8) is 0 Å². The lowest BCUT2D eigenvalue weighted by Crippen LogP contribution is -2.04. The van der Waals surface area contributed by atoms with Gasteiger partial charge in [-0.25, -0.2) is 18.1 Å². The SMILES string of the molecule is O=S(=O)(c1ccccc1)c1ccc(Cn2ncc3cccnc32)cc1. The predicted molar refractivity (Wildman–Crippen MR) is 95.0 cm³/mol. The predicted octanol–water partition coefficient (Wildman–Crippen LogP) is 3.31. The molecule has 4 aromatic rings. The molecule has 0 atom stereocenters. The van der Waals surface area contributed by atoms with E-state index in [0.717, 1.165) is 16.6 Å². The average molecular weight is 349 g/mol. The zero-order valence-corrected chi connectivity index (χ0v) is 14.1. The Kier molecular flexibility index (Phi) is 3.82. The number of hydrogen-bond donors (Lipinski definition) is 0. The lowest BCUT2D eigenvalue weighted by Gasteiger charge is -2.07. The summed E-state index contributed by atoms with van der Waals surface area (Å²) in [5.41, 5.74) is 1.77. The summed E-state index contributed by atoms with van der Waals surface area (Å²) in [4.78, 5) is 4.92. The molecule has 4 rings (SSSR count). The number of benzene rings is 2. The van der Waals surface area contributed by atoms with Gasteiger partial charge < -0.3 is 0 Å². The molecule has 0 aliphatic rings. The van der Waals surface area contributed by atoms with Gasteiger partial charge in [0.15, 0.2) is 5.65 Å². The molecule has 0 fully saturated rings. The number of fused-ring (bicyclic) bond motifs is 1. The molecule has 6 heteroatoms. The largest absolute Gasteiger partial charge is 0.243 e. The molecule has 0 radical (unpaired) electrons. The van der Waals surface area contributed by atoms with E-state index in [1.807, 2.05) is 24.3 Å². The normalized spacial score (nSPS) is 11.7. The highest BCUT2D eigenvalue weighted by Gasteiger charge is 2.16. The summed E-state index contributed by atoms with van der Waals surface area (Å²) >= 11 is 0. The molecule has 2 aromatic carbocycles. The lowest BCUT2D eigenvalue weighted by molar-refractivity contribution is 0.596. The molecule has 2 aromatic heterocycles. The van der Waals surface area contributed by atoms with Crippen molar-refractivity contribution < 1.29 is 8.42 Å². The number of sulfone groups is 1. The van der Waals surface area contributed by atoms with Crippen molar-refractivity contribution in [2.75, 3.05) is 0 Å². The van der Waals surface area contributed by atoms with Crippen LogP contribution in [0.3, 0.4) is 0 Å². The summed E-state index contributed by atoms with van der Waals surface area (Å²) in [6.45, 7) is 0.534. The number of aromatic nitrogens is 3. The van der Waals surface area contributed by atoms with Gasteiger partial charge in [-0.3, -0.25) is 0 Å². The fraction of sp³-hybridized carbons (Fsp3) is 0.0526. The molecule has 2 heterocycles. The van der Waals surface area contributed by atoms with Crippen molar-refractivity contribution in [1.82, 2.24) is 14.8 Å². The van der Waals surface area contributed by atoms with Gasteiger partial charge in [-0.05, 0) is 42.0 Å². The fourth-order valence-corrected chi connectivity index (χ4v) is 3.99. The minimum absolute atomic E-state index is 0.283. The maximum atomic E-state index is 12.6. The first-order chi connectivity index (χ1) is 12.1. The maximum absolute atomic E-state index is 12.6. The van der Waals surface area contributed by atoms with Crippen LogP contribution in [-0.2, 0) is 16.4 Å². The first-order valence-electron chi connectivity index (χ1n) is 7.80. The second-order valence-corrected chi connectivity index (χ2v) is 7.63. The zero-order valence-electron chi connectivity index (χ0n) is 13.3. The van der Waals surface area contributed by atoms with Crippen LogP contribution >= 0.6 is 0 Å². The molecule has 0 spiro atoms. The van der Waals surface area contributed by atoms with Crippen molar-refractivity contribution in [2.24, 2.45) is 0 Å². The number of pyridine rings is 1. The van der Waals surface area contributed by atoms with E-state index < -0.39 is 9.84 Å². The van der Waals surface area contributed by atoms with E-state index in [0.29, 0.717) is 11.4 Å². The van der Waals surface area contributed by atoms with E-state index in [1.54, 1.807) is 59.5 Å². The molecule has 0 aliphatic carbocycles. The van der Waals surface area contributed by atoms with Crippen molar-refractivity contribution in [2.45, 2.75) is 16.3 Å². The van der Waals surface area contributed by atoms with Crippen LogP contribution in [0.4, 0.5) is 0 Å². The van der Waals surface area contributed by atoms with Crippen LogP contribution in [0.1, 0.15) is 5.56 Å². The van der Waals surface area contributed by atoms with Crippen LogP contribution in [0.15, 0.2) is 88.9 Å². The number of nitrogens with zero attached hydrogens (tertiary/aromatic N) is 3. The monoisotopic (exact) mass is 349 g/mol. The Labute approximate surface area is 145 Å². The Morgan fingerprint density at radius 2 is 1.56 bits per heavy atom. The minimum atomic E-state index is -3.49. The smallest absolute Gasteiger partial charge is 0.206 e. The first kappa shape index (κ1) is 15.5. The van der Waals surface area contributed by atoms with Gasteiger partial charge in [0.05, 0.1) is 22.5 Å². The Hall–Kier alpha value is -2.99. The van der Waals surface area contributed by atoms with Crippen molar-refractivity contribution in [3.8, 4) is 0 Å². The average Bonchev–Trinajstić information content (AvgIpc) is 3.06. The van der Waals surface area contributed by atoms with Crippen LogP contribution in [0.2, 0.25) is 0 Å². The topological polar surface area (TPSA) is 64.8 Å². The molecule has 0 aliphatic heterocycles. The van der Waals surface area contributed by atoms with Crippen molar-refractivity contribution >= 4 is 20.9 Å². The van der Waals surface area contributed by atoms with Gasteiger partial charge in [0.2, 0.25) is 9.84 Å². The van der Waals surface area contributed by atoms with Crippen LogP contribution in [0.5, 0.6) is 0 Å². The van der Waals surface area contributed by atoms with Gasteiger partial charge in [-0.15, -0.1) is 0 Å². The number of rotatable bonds is 4. The van der Waals surface area contributed by atoms with Crippen LogP contribution in [0.25, 0.3) is 11.0 Å². The van der Waals surface area contributed by atoms with E-state index in [-0.39, 0.29) is 4.90 Å². The van der Waals surface area contributed by atoms with Crippen LogP contribution in [-0.4, -0.2) is 23.2 Å². The van der Waals surface area contributed by atoms with Crippen LogP contribution < -0.4 is 0 Å². The molecular formula is C19H15N3O2S. The van der Waals surface area contributed by atoms with E-state index in [1.165, 1.54) is 0 Å². The van der Waals surface area contributed by atoms with Gasteiger partial charge in [-0.2, -0.15) is 5.10 Å². The molecule has 0 amide bonds. The minimum Gasteiger partial charge on any atom is -0.243 e. The molecular weight excluding hydrogens is 334 g/mol. The van der Waals surface area contributed by atoms with Crippen LogP contribution in [0, 0.1) is 0 Å². The molecule has 0 unspecified atom stereocenters. The third-order valence-corrected chi connectivity index (χ3v) is 5.80. The summed E-state index contributed by atoms with van der Waals surface area (Å²) in [6.07, 6.45) is 3.51. The van der Waals surface area contributed by atoms with E-state index in [9.17, 15) is 8.42 Å². The Morgan fingerprint density at radius 3 is 2.32 bits per heavy atom. The Morgan fingerprint density at radius 1 is 0.840 bits per heavy atom. The van der Waals surface area contributed by atoms with E-state index in [4.69, 9.17) is 0 Å². The van der Waals surface area contributed by atoms with E-state index >= 15 is 0 Å². The Bertz CT molecular complexity index is 1120. The molecule has 0 bridgehead atoms. The van der Waals surface area contributed by atoms with Gasteiger partial charge in [-0.1, -0.05) is 30.3 Å². The molecule has 0 N–H and O–H groups in total. The second kappa shape index (κ2) is 6.14. The highest BCUT2D eigenvalue weighted by molar-refractivity contribution is 7.91. The lowest BCUT2D eigenvalue weighted by atomic mass is 10.2. The summed E-state index contributed by atoms with van der Waals surface area (Å²) in [6, 6.07) is 19.2. The standard InChI is InChI=1S/C19H15N3O2S/c23-25(24,17-6-2-1-3-7-17)18-10-8-15(9-11-18)14-22-19-16(13-21-22)5-4-12-20-19/h1-13H,14H2. The highest BCUT2D eigenvalue weighted by atomic mass is 32.2. The summed E-state index contributed by atoms with van der Waals surface area (Å²) in [5, 5.41) is 5.32. The molecule has 124 valence electrons. The van der Waals surface area contributed by atoms with Gasteiger partial charge in [0.1, 0.15) is 0 Å². The van der Waals surface area contributed by atoms with Gasteiger partial charge >= 0.3 is 0 Å². The first-order valence-corrected chi connectivity index (χ1v) is 9.28. The maximum Gasteiger partial charge on any atom is 0.206 e. The molecule has 5 nitrogen and oxygen atoms in total. The molecule has 25 heavy (non-hydrogen) atoms. The fourth-order valence-electron chi connectivity index (χ4n) is 2.71. The van der Waals surface area contributed by atoms with Gasteiger partial charge in [0, 0.05) is 11.6 Å². The third-order valence-electron chi connectivity index (χ3n) is 4.02. The van der Waals surface area contributed by atoms with Crippen molar-refractivity contribution in [1.29, 1.82) is 0 Å². The quantitative estimate of drug-likeness (QED) is 0.567. The second-order valence-electron chi connectivity index (χ2n) is 5.68. The summed E-state index contributed by atoms with van der Waals surface area (Å²) in [5.74, 6) is 0. The molecule has 0 saturated carbocycles. The Balaban J connectivity index is 1.62. The van der Waals surface area contributed by atoms with Gasteiger partial charge in [0.25, 0.3) is 0 Å². The number of hydrogen-bond acceptors (Lipinski definition) is 4. The van der Waals surface area contributed by atoms with Crippen molar-refractivity contribution in [3.05, 3.63) is 84.7 Å². The summed E-state index contributed by atoms with van der Waals surface area (Å²) < 4.78 is 27.0. The third kappa shape index (κ3) is 2.92. The molecule has 0 saturated heterocycles.